The number of piperidine rings is 1. The highest BCUT2D eigenvalue weighted by Gasteiger charge is 2.30. The fourth-order valence-electron chi connectivity index (χ4n) is 3.40. The van der Waals surface area contributed by atoms with Crippen molar-refractivity contribution in [2.45, 2.75) is 25.8 Å². The molecule has 1 saturated heterocycles. The van der Waals surface area contributed by atoms with Crippen LogP contribution in [-0.2, 0) is 11.3 Å². The summed E-state index contributed by atoms with van der Waals surface area (Å²) in [7, 11) is 1.63. The molecule has 126 valence electrons. The van der Waals surface area contributed by atoms with Crippen LogP contribution >= 0.6 is 0 Å². The second kappa shape index (κ2) is 8.02. The Morgan fingerprint density at radius 2 is 2.13 bits per heavy atom. The van der Waals surface area contributed by atoms with E-state index < -0.39 is 0 Å². The molecule has 0 spiro atoms. The van der Waals surface area contributed by atoms with Crippen LogP contribution in [0.3, 0.4) is 0 Å². The number of amides is 1. The maximum atomic E-state index is 11.4. The average molecular weight is 318 g/mol. The lowest BCUT2D eigenvalue weighted by molar-refractivity contribution is -0.944. The summed E-state index contributed by atoms with van der Waals surface area (Å²) in [5, 5.41) is 2.90. The van der Waals surface area contributed by atoms with Gasteiger partial charge in [0.2, 0.25) is 5.91 Å². The highest BCUT2D eigenvalue weighted by molar-refractivity contribution is 5.86. The fraction of sp³-hybridized carbons (Fsp3) is 0.500. The van der Waals surface area contributed by atoms with Crippen molar-refractivity contribution in [1.82, 2.24) is 5.32 Å². The van der Waals surface area contributed by atoms with Gasteiger partial charge in [-0.25, -0.2) is 0 Å². The molecule has 1 aromatic rings. The first-order valence-corrected chi connectivity index (χ1v) is 8.26. The van der Waals surface area contributed by atoms with Gasteiger partial charge in [0, 0.05) is 5.56 Å². The number of carbonyl (C=O) groups excluding carboxylic acids is 1. The van der Waals surface area contributed by atoms with Crippen molar-refractivity contribution in [2.75, 3.05) is 39.0 Å². The van der Waals surface area contributed by atoms with Gasteiger partial charge in [-0.05, 0) is 43.5 Å². The molecule has 5 heteroatoms. The topological polar surface area (TPSA) is 64.3 Å². The van der Waals surface area contributed by atoms with E-state index in [1.807, 2.05) is 12.1 Å². The Morgan fingerprint density at radius 3 is 2.74 bits per heavy atom. The van der Waals surface area contributed by atoms with Crippen LogP contribution < -0.4 is 15.8 Å². The molecule has 1 amide bonds. The zero-order chi connectivity index (χ0) is 16.7. The van der Waals surface area contributed by atoms with Crippen LogP contribution in [0.2, 0.25) is 0 Å². The number of nitrogens with one attached hydrogen (secondary N) is 1. The summed E-state index contributed by atoms with van der Waals surface area (Å²) in [5.41, 5.74) is 7.94. The Bertz CT molecular complexity index is 551. The van der Waals surface area contributed by atoms with Crippen molar-refractivity contribution in [2.24, 2.45) is 0 Å². The Labute approximate surface area is 138 Å². The summed E-state index contributed by atoms with van der Waals surface area (Å²) in [6.45, 7) is 8.35. The van der Waals surface area contributed by atoms with Gasteiger partial charge in [0.25, 0.3) is 0 Å². The second-order valence-corrected chi connectivity index (χ2v) is 6.30. The van der Waals surface area contributed by atoms with E-state index in [4.69, 9.17) is 10.5 Å². The SMILES string of the molecule is C=CC(=O)NCC[N+]1(Cc2ccc(OC)c(N)c2)CCCCC1. The maximum Gasteiger partial charge on any atom is 0.243 e. The molecule has 5 nitrogen and oxygen atoms in total. The number of ether oxygens (including phenoxy) is 1. The first-order valence-electron chi connectivity index (χ1n) is 8.26. The van der Waals surface area contributed by atoms with Gasteiger partial charge >= 0.3 is 0 Å². The van der Waals surface area contributed by atoms with Gasteiger partial charge in [-0.2, -0.15) is 0 Å². The molecule has 1 fully saturated rings. The number of methoxy groups -OCH3 is 1. The van der Waals surface area contributed by atoms with E-state index in [0.29, 0.717) is 12.2 Å². The average Bonchev–Trinajstić information content (AvgIpc) is 2.55. The molecule has 0 radical (unpaired) electrons. The number of carbonyl (C=O) groups is 1. The molecule has 0 bridgehead atoms. The van der Waals surface area contributed by atoms with Crippen LogP contribution in [0.15, 0.2) is 30.9 Å². The molecule has 0 aliphatic carbocycles. The van der Waals surface area contributed by atoms with Crippen LogP contribution in [-0.4, -0.2) is 43.7 Å². The van der Waals surface area contributed by atoms with E-state index in [2.05, 4.69) is 18.0 Å². The second-order valence-electron chi connectivity index (χ2n) is 6.30. The molecule has 0 aromatic heterocycles. The minimum atomic E-state index is -0.103. The van der Waals surface area contributed by atoms with E-state index in [-0.39, 0.29) is 5.91 Å². The van der Waals surface area contributed by atoms with Gasteiger partial charge < -0.3 is 20.3 Å². The van der Waals surface area contributed by atoms with Gasteiger partial charge in [-0.3, -0.25) is 4.79 Å². The molecule has 0 saturated carbocycles. The number of likely N-dealkylation sites (tertiary alicyclic amines) is 1. The fourth-order valence-corrected chi connectivity index (χ4v) is 3.40. The highest BCUT2D eigenvalue weighted by atomic mass is 16.5. The number of nitrogens with zero attached hydrogens (tertiary/aromatic N) is 1. The number of hydrogen-bond acceptors (Lipinski definition) is 3. The van der Waals surface area contributed by atoms with Gasteiger partial charge in [0.15, 0.2) is 0 Å². The number of nitrogen functional groups attached to an aromatic ring is 1. The third kappa shape index (κ3) is 4.73. The number of rotatable bonds is 7. The van der Waals surface area contributed by atoms with Crippen LogP contribution in [0.4, 0.5) is 5.69 Å². The van der Waals surface area contributed by atoms with Crippen molar-refractivity contribution in [3.8, 4) is 5.75 Å². The van der Waals surface area contributed by atoms with Crippen molar-refractivity contribution < 1.29 is 14.0 Å². The van der Waals surface area contributed by atoms with Crippen LogP contribution in [0.5, 0.6) is 5.75 Å². The summed E-state index contributed by atoms with van der Waals surface area (Å²) in [5.74, 6) is 0.617. The molecule has 2 rings (SSSR count). The van der Waals surface area contributed by atoms with E-state index in [1.54, 1.807) is 7.11 Å². The van der Waals surface area contributed by atoms with E-state index in [1.165, 1.54) is 30.9 Å². The Hall–Kier alpha value is -2.01. The minimum Gasteiger partial charge on any atom is -0.495 e. The molecule has 1 aliphatic rings. The van der Waals surface area contributed by atoms with Crippen molar-refractivity contribution >= 4 is 11.6 Å². The molecule has 1 heterocycles. The smallest absolute Gasteiger partial charge is 0.243 e. The Kier molecular flexibility index (Phi) is 6.04. The zero-order valence-corrected chi connectivity index (χ0v) is 14.0. The number of quaternary nitrogens is 1. The third-order valence-electron chi connectivity index (χ3n) is 4.65. The summed E-state index contributed by atoms with van der Waals surface area (Å²) in [6.07, 6.45) is 5.09. The van der Waals surface area contributed by atoms with Crippen LogP contribution in [0.25, 0.3) is 0 Å². The molecule has 1 aliphatic heterocycles. The molecule has 1 aromatic carbocycles. The quantitative estimate of drug-likeness (QED) is 0.460. The monoisotopic (exact) mass is 318 g/mol. The predicted octanol–water partition coefficient (Wildman–Crippen LogP) is 2.08. The van der Waals surface area contributed by atoms with Crippen LogP contribution in [0.1, 0.15) is 24.8 Å². The number of anilines is 1. The first kappa shape index (κ1) is 17.3. The Morgan fingerprint density at radius 1 is 1.39 bits per heavy atom. The van der Waals surface area contributed by atoms with E-state index in [9.17, 15) is 4.79 Å². The third-order valence-corrected chi connectivity index (χ3v) is 4.65. The Balaban J connectivity index is 2.06. The first-order chi connectivity index (χ1) is 11.1. The summed E-state index contributed by atoms with van der Waals surface area (Å²) >= 11 is 0. The van der Waals surface area contributed by atoms with Gasteiger partial charge in [-0.1, -0.05) is 6.58 Å². The molecular formula is C18H28N3O2+. The standard InChI is InChI=1S/C18H27N3O2/c1-3-18(22)20-9-12-21(10-5-4-6-11-21)14-15-7-8-17(23-2)16(19)13-15/h3,7-8,13H,1,4-6,9-12,14,19H2,2H3/p+1. The molecule has 3 N–H and O–H groups in total. The van der Waals surface area contributed by atoms with Gasteiger partial charge in [0.05, 0.1) is 39.0 Å². The van der Waals surface area contributed by atoms with E-state index >= 15 is 0 Å². The highest BCUT2D eigenvalue weighted by Crippen LogP contribution is 2.27. The van der Waals surface area contributed by atoms with Crippen molar-refractivity contribution in [3.05, 3.63) is 36.4 Å². The van der Waals surface area contributed by atoms with Gasteiger partial charge in [-0.15, -0.1) is 0 Å². The maximum absolute atomic E-state index is 11.4. The lowest BCUT2D eigenvalue weighted by Crippen LogP contribution is -2.53. The number of hydrogen-bond donors (Lipinski definition) is 2. The predicted molar refractivity (Wildman–Crippen MR) is 93.0 cm³/mol. The van der Waals surface area contributed by atoms with Gasteiger partial charge in [0.1, 0.15) is 12.3 Å². The van der Waals surface area contributed by atoms with E-state index in [0.717, 1.165) is 36.4 Å². The zero-order valence-electron chi connectivity index (χ0n) is 14.0. The largest absolute Gasteiger partial charge is 0.495 e. The summed E-state index contributed by atoms with van der Waals surface area (Å²) in [4.78, 5) is 11.4. The van der Waals surface area contributed by atoms with Crippen molar-refractivity contribution in [3.63, 3.8) is 0 Å². The van der Waals surface area contributed by atoms with Crippen LogP contribution in [0, 0.1) is 0 Å². The molecule has 0 atom stereocenters. The molecular weight excluding hydrogens is 290 g/mol. The van der Waals surface area contributed by atoms with Crippen molar-refractivity contribution in [1.29, 1.82) is 0 Å². The number of nitrogens with two attached hydrogens (primary N) is 1. The normalized spacial score (nSPS) is 16.6. The lowest BCUT2D eigenvalue weighted by atomic mass is 10.0. The summed E-state index contributed by atoms with van der Waals surface area (Å²) < 4.78 is 6.23. The summed E-state index contributed by atoms with van der Waals surface area (Å²) in [6, 6.07) is 6.03. The molecule has 23 heavy (non-hydrogen) atoms. The lowest BCUT2D eigenvalue weighted by Gasteiger charge is -2.41. The number of benzene rings is 1. The molecule has 0 unspecified atom stereocenters. The minimum absolute atomic E-state index is 0.103.